The number of aromatic nitrogens is 1. The predicted octanol–water partition coefficient (Wildman–Crippen LogP) is 3.27. The van der Waals surface area contributed by atoms with E-state index < -0.39 is 12.0 Å². The van der Waals surface area contributed by atoms with E-state index in [1.54, 1.807) is 25.7 Å². The van der Waals surface area contributed by atoms with E-state index >= 15 is 0 Å². The molecule has 1 aromatic heterocycles. The number of aryl methyl sites for hydroxylation is 1. The smallest absolute Gasteiger partial charge is 0.354 e. The summed E-state index contributed by atoms with van der Waals surface area (Å²) in [6, 6.07) is -0.555. The van der Waals surface area contributed by atoms with Crippen molar-refractivity contribution in [2.45, 2.75) is 59.9 Å². The van der Waals surface area contributed by atoms with Gasteiger partial charge in [0.1, 0.15) is 5.69 Å². The second kappa shape index (κ2) is 8.06. The quantitative estimate of drug-likeness (QED) is 0.568. The van der Waals surface area contributed by atoms with Crippen molar-refractivity contribution >= 4 is 17.7 Å². The molecule has 0 spiro atoms. The average molecular weight is 362 g/mol. The van der Waals surface area contributed by atoms with Crippen LogP contribution < -0.4 is 0 Å². The first-order valence-corrected chi connectivity index (χ1v) is 9.31. The second-order valence-corrected chi connectivity index (χ2v) is 7.65. The summed E-state index contributed by atoms with van der Waals surface area (Å²) in [5, 5.41) is 0. The number of H-pyrrole nitrogens is 1. The Kier molecular flexibility index (Phi) is 6.26. The SMILES string of the molecule is COC(=O)c1[nH]c(C)c(C(=O)C(C)N(CCC(C)C)C(=O)C2CC2)c1C. The van der Waals surface area contributed by atoms with Gasteiger partial charge in [-0.2, -0.15) is 0 Å². The fourth-order valence-corrected chi connectivity index (χ4v) is 3.23. The van der Waals surface area contributed by atoms with Crippen molar-refractivity contribution in [2.24, 2.45) is 11.8 Å². The Balaban J connectivity index is 2.29. The van der Waals surface area contributed by atoms with Gasteiger partial charge in [-0.1, -0.05) is 13.8 Å². The maximum atomic E-state index is 13.2. The molecule has 2 rings (SSSR count). The lowest BCUT2D eigenvalue weighted by molar-refractivity contribution is -0.134. The summed E-state index contributed by atoms with van der Waals surface area (Å²) in [6.45, 7) is 10.1. The largest absolute Gasteiger partial charge is 0.464 e. The van der Waals surface area contributed by atoms with Crippen molar-refractivity contribution in [3.63, 3.8) is 0 Å². The highest BCUT2D eigenvalue weighted by Crippen LogP contribution is 2.32. The van der Waals surface area contributed by atoms with Crippen LogP contribution in [0, 0.1) is 25.7 Å². The zero-order valence-corrected chi connectivity index (χ0v) is 16.6. The van der Waals surface area contributed by atoms with Crippen molar-refractivity contribution in [3.05, 3.63) is 22.5 Å². The van der Waals surface area contributed by atoms with Crippen LogP contribution in [-0.2, 0) is 9.53 Å². The Morgan fingerprint density at radius 3 is 2.31 bits per heavy atom. The standard InChI is InChI=1S/C20H30N2O4/c1-11(2)9-10-22(19(24)15-7-8-15)14(5)18(23)16-12(3)17(20(25)26-6)21-13(16)4/h11,14-15,21H,7-10H2,1-6H3. The molecule has 1 unspecified atom stereocenters. The summed E-state index contributed by atoms with van der Waals surface area (Å²) >= 11 is 0. The number of nitrogens with zero attached hydrogens (tertiary/aromatic N) is 1. The van der Waals surface area contributed by atoms with Crippen molar-refractivity contribution in [2.75, 3.05) is 13.7 Å². The van der Waals surface area contributed by atoms with Gasteiger partial charge in [-0.25, -0.2) is 4.79 Å². The van der Waals surface area contributed by atoms with Crippen LogP contribution in [0.1, 0.15) is 72.1 Å². The Bertz CT molecular complexity index is 701. The van der Waals surface area contributed by atoms with Gasteiger partial charge < -0.3 is 14.6 Å². The molecule has 1 fully saturated rings. The molecule has 0 radical (unpaired) electrons. The normalized spacial score (nSPS) is 15.0. The van der Waals surface area contributed by atoms with Crippen LogP contribution in [0.4, 0.5) is 0 Å². The molecule has 1 aromatic rings. The van der Waals surface area contributed by atoms with Gasteiger partial charge in [0.2, 0.25) is 5.91 Å². The molecule has 1 amide bonds. The number of methoxy groups -OCH3 is 1. The number of carbonyl (C=O) groups excluding carboxylic acids is 3. The zero-order chi connectivity index (χ0) is 19.6. The molecular formula is C20H30N2O4. The van der Waals surface area contributed by atoms with E-state index in [0.29, 0.717) is 35.0 Å². The molecule has 1 saturated carbocycles. The minimum absolute atomic E-state index is 0.0662. The zero-order valence-electron chi connectivity index (χ0n) is 16.6. The Hall–Kier alpha value is -2.11. The van der Waals surface area contributed by atoms with Crippen molar-refractivity contribution < 1.29 is 19.1 Å². The van der Waals surface area contributed by atoms with Crippen LogP contribution in [0.3, 0.4) is 0 Å². The highest BCUT2D eigenvalue weighted by molar-refractivity contribution is 6.06. The van der Waals surface area contributed by atoms with E-state index in [-0.39, 0.29) is 17.6 Å². The molecule has 1 heterocycles. The molecular weight excluding hydrogens is 332 g/mol. The number of carbonyl (C=O) groups is 3. The molecule has 0 bridgehead atoms. The van der Waals surface area contributed by atoms with Gasteiger partial charge in [-0.3, -0.25) is 9.59 Å². The molecule has 0 aliphatic heterocycles. The summed E-state index contributed by atoms with van der Waals surface area (Å²) < 4.78 is 4.77. The lowest BCUT2D eigenvalue weighted by atomic mass is 9.99. The average Bonchev–Trinajstić information content (AvgIpc) is 3.39. The van der Waals surface area contributed by atoms with Crippen LogP contribution in [0.15, 0.2) is 0 Å². The third-order valence-electron chi connectivity index (χ3n) is 5.08. The number of esters is 1. The van der Waals surface area contributed by atoms with Gasteiger partial charge >= 0.3 is 5.97 Å². The second-order valence-electron chi connectivity index (χ2n) is 7.65. The van der Waals surface area contributed by atoms with E-state index in [4.69, 9.17) is 4.74 Å². The van der Waals surface area contributed by atoms with E-state index in [1.807, 2.05) is 0 Å². The van der Waals surface area contributed by atoms with Gasteiger partial charge in [-0.05, 0) is 51.5 Å². The summed E-state index contributed by atoms with van der Waals surface area (Å²) in [5.74, 6) is -0.0392. The highest BCUT2D eigenvalue weighted by Gasteiger charge is 2.38. The molecule has 6 heteroatoms. The maximum Gasteiger partial charge on any atom is 0.354 e. The Morgan fingerprint density at radius 2 is 1.81 bits per heavy atom. The van der Waals surface area contributed by atoms with Crippen LogP contribution in [0.5, 0.6) is 0 Å². The van der Waals surface area contributed by atoms with Crippen LogP contribution >= 0.6 is 0 Å². The van der Waals surface area contributed by atoms with E-state index in [1.165, 1.54) is 7.11 Å². The van der Waals surface area contributed by atoms with E-state index in [2.05, 4.69) is 18.8 Å². The number of hydrogen-bond donors (Lipinski definition) is 1. The van der Waals surface area contributed by atoms with Gasteiger partial charge in [0.05, 0.1) is 13.2 Å². The fraction of sp³-hybridized carbons (Fsp3) is 0.650. The van der Waals surface area contributed by atoms with Gasteiger partial charge in [0.25, 0.3) is 0 Å². The molecule has 1 N–H and O–H groups in total. The summed E-state index contributed by atoms with van der Waals surface area (Å²) in [5.41, 5.74) is 1.98. The van der Waals surface area contributed by atoms with Crippen LogP contribution in [-0.4, -0.2) is 47.2 Å². The molecule has 0 aromatic carbocycles. The topological polar surface area (TPSA) is 79.5 Å². The third-order valence-corrected chi connectivity index (χ3v) is 5.08. The minimum Gasteiger partial charge on any atom is -0.464 e. The maximum absolute atomic E-state index is 13.2. The minimum atomic E-state index is -0.555. The highest BCUT2D eigenvalue weighted by atomic mass is 16.5. The van der Waals surface area contributed by atoms with Gasteiger partial charge in [0.15, 0.2) is 5.78 Å². The number of nitrogens with one attached hydrogen (secondary N) is 1. The fourth-order valence-electron chi connectivity index (χ4n) is 3.23. The molecule has 6 nitrogen and oxygen atoms in total. The Morgan fingerprint density at radius 1 is 1.19 bits per heavy atom. The van der Waals surface area contributed by atoms with Gasteiger partial charge in [0, 0.05) is 23.7 Å². The lowest BCUT2D eigenvalue weighted by Gasteiger charge is -2.29. The molecule has 1 atom stereocenters. The van der Waals surface area contributed by atoms with Gasteiger partial charge in [-0.15, -0.1) is 0 Å². The summed E-state index contributed by atoms with van der Waals surface area (Å²) in [6.07, 6.45) is 2.67. The number of amides is 1. The predicted molar refractivity (Wildman–Crippen MR) is 99.3 cm³/mol. The molecule has 144 valence electrons. The first-order chi connectivity index (χ1) is 12.2. The van der Waals surface area contributed by atoms with Crippen molar-refractivity contribution in [1.29, 1.82) is 0 Å². The monoisotopic (exact) mass is 362 g/mol. The van der Waals surface area contributed by atoms with Crippen molar-refractivity contribution in [1.82, 2.24) is 9.88 Å². The summed E-state index contributed by atoms with van der Waals surface area (Å²) in [4.78, 5) is 42.5. The number of Topliss-reactive ketones (excluding diaryl/α,β-unsaturated/α-hetero) is 1. The first-order valence-electron chi connectivity index (χ1n) is 9.31. The molecule has 0 saturated heterocycles. The van der Waals surface area contributed by atoms with Crippen molar-refractivity contribution in [3.8, 4) is 0 Å². The van der Waals surface area contributed by atoms with E-state index in [9.17, 15) is 14.4 Å². The van der Waals surface area contributed by atoms with E-state index in [0.717, 1.165) is 19.3 Å². The van der Waals surface area contributed by atoms with Crippen LogP contribution in [0.25, 0.3) is 0 Å². The number of aromatic amines is 1. The molecule has 26 heavy (non-hydrogen) atoms. The number of rotatable bonds is 8. The van der Waals surface area contributed by atoms with Crippen LogP contribution in [0.2, 0.25) is 0 Å². The number of hydrogen-bond acceptors (Lipinski definition) is 4. The lowest BCUT2D eigenvalue weighted by Crippen LogP contribution is -2.45. The third kappa shape index (κ3) is 4.17. The Labute approximate surface area is 155 Å². The first kappa shape index (κ1) is 20.2. The molecule has 1 aliphatic rings. The summed E-state index contributed by atoms with van der Waals surface area (Å²) in [7, 11) is 1.31. The molecule has 1 aliphatic carbocycles. The number of ether oxygens (including phenoxy) is 1. The number of ketones is 1.